The molecule has 126 valence electrons. The lowest BCUT2D eigenvalue weighted by Gasteiger charge is -2.19. The maximum Gasteiger partial charge on any atom is 0.329 e. The molecule has 1 unspecified atom stereocenters. The normalized spacial score (nSPS) is 19.7. The van der Waals surface area contributed by atoms with Gasteiger partial charge in [0.1, 0.15) is 0 Å². The summed E-state index contributed by atoms with van der Waals surface area (Å²) >= 11 is 0. The summed E-state index contributed by atoms with van der Waals surface area (Å²) in [6, 6.07) is 6.77. The summed E-state index contributed by atoms with van der Waals surface area (Å²) in [5.41, 5.74) is 3.47. The van der Waals surface area contributed by atoms with Crippen molar-refractivity contribution in [1.82, 2.24) is 9.13 Å². The minimum Gasteiger partial charge on any atom is -0.371 e. The lowest BCUT2D eigenvalue weighted by molar-refractivity contribution is 0.493. The van der Waals surface area contributed by atoms with Gasteiger partial charge in [-0.1, -0.05) is 26.7 Å². The topological polar surface area (TPSA) is 30.2 Å². The molecule has 0 radical (unpaired) electrons. The summed E-state index contributed by atoms with van der Waals surface area (Å²) in [5.74, 6) is 0.809. The molecule has 0 spiro atoms. The van der Waals surface area contributed by atoms with Crippen molar-refractivity contribution in [3.05, 3.63) is 28.7 Å². The van der Waals surface area contributed by atoms with Crippen LogP contribution in [-0.4, -0.2) is 22.2 Å². The van der Waals surface area contributed by atoms with Crippen LogP contribution in [0, 0.1) is 5.92 Å². The molecule has 1 fully saturated rings. The molecule has 0 aliphatic carbocycles. The van der Waals surface area contributed by atoms with Crippen LogP contribution in [0.4, 0.5) is 5.69 Å². The largest absolute Gasteiger partial charge is 0.371 e. The number of aryl methyl sites for hydroxylation is 1. The Morgan fingerprint density at radius 3 is 2.70 bits per heavy atom. The first-order valence-electron chi connectivity index (χ1n) is 9.02. The molecule has 1 aromatic heterocycles. The summed E-state index contributed by atoms with van der Waals surface area (Å²) in [6.45, 7) is 8.86. The Morgan fingerprint density at radius 1 is 1.26 bits per heavy atom. The molecular formula is C19H29N3O. The third-order valence-corrected chi connectivity index (χ3v) is 5.45. The second-order valence-electron chi connectivity index (χ2n) is 7.03. The predicted octanol–water partition coefficient (Wildman–Crippen LogP) is 3.94. The van der Waals surface area contributed by atoms with Crippen LogP contribution in [0.3, 0.4) is 0 Å². The van der Waals surface area contributed by atoms with E-state index in [0.29, 0.717) is 0 Å². The number of hydrogen-bond donors (Lipinski definition) is 0. The van der Waals surface area contributed by atoms with Gasteiger partial charge in [-0.15, -0.1) is 0 Å². The third-order valence-electron chi connectivity index (χ3n) is 5.45. The monoisotopic (exact) mass is 315 g/mol. The second kappa shape index (κ2) is 6.42. The van der Waals surface area contributed by atoms with E-state index >= 15 is 0 Å². The van der Waals surface area contributed by atoms with Crippen molar-refractivity contribution in [3.8, 4) is 0 Å². The molecule has 1 saturated heterocycles. The van der Waals surface area contributed by atoms with Gasteiger partial charge in [0.15, 0.2) is 0 Å². The van der Waals surface area contributed by atoms with Crippen molar-refractivity contribution in [2.45, 2.75) is 52.5 Å². The molecule has 1 aromatic carbocycles. The van der Waals surface area contributed by atoms with E-state index in [-0.39, 0.29) is 11.7 Å². The van der Waals surface area contributed by atoms with Crippen molar-refractivity contribution in [1.29, 1.82) is 0 Å². The maximum atomic E-state index is 12.6. The van der Waals surface area contributed by atoms with Gasteiger partial charge in [0.05, 0.1) is 11.0 Å². The van der Waals surface area contributed by atoms with Crippen molar-refractivity contribution in [2.75, 3.05) is 18.0 Å². The average Bonchev–Trinajstić information content (AvgIpc) is 3.12. The first kappa shape index (κ1) is 16.2. The van der Waals surface area contributed by atoms with Gasteiger partial charge in [-0.2, -0.15) is 0 Å². The van der Waals surface area contributed by atoms with Crippen LogP contribution < -0.4 is 10.6 Å². The average molecular weight is 315 g/mol. The van der Waals surface area contributed by atoms with Crippen molar-refractivity contribution in [2.24, 2.45) is 13.0 Å². The van der Waals surface area contributed by atoms with Gasteiger partial charge in [-0.3, -0.25) is 9.13 Å². The standard InChI is InChI=1S/C19H29N3O/c1-5-7-14(3)22-17-9-8-16(12-18(17)20(4)19(22)23)21-11-10-15(6-2)13-21/h8-9,12,14-15H,5-7,10-11,13H2,1-4H3/t14?,15-/m1/s1. The first-order valence-corrected chi connectivity index (χ1v) is 9.02. The molecule has 23 heavy (non-hydrogen) atoms. The lowest BCUT2D eigenvalue weighted by Crippen LogP contribution is -2.24. The van der Waals surface area contributed by atoms with E-state index < -0.39 is 0 Å². The fourth-order valence-corrected chi connectivity index (χ4v) is 3.92. The van der Waals surface area contributed by atoms with E-state index in [0.717, 1.165) is 42.9 Å². The van der Waals surface area contributed by atoms with Gasteiger partial charge in [0.2, 0.25) is 0 Å². The summed E-state index contributed by atoms with van der Waals surface area (Å²) in [5, 5.41) is 0. The number of anilines is 1. The van der Waals surface area contributed by atoms with Gasteiger partial charge in [0.25, 0.3) is 0 Å². The highest BCUT2D eigenvalue weighted by atomic mass is 16.1. The summed E-state index contributed by atoms with van der Waals surface area (Å²) in [4.78, 5) is 15.1. The summed E-state index contributed by atoms with van der Waals surface area (Å²) < 4.78 is 3.76. The Hall–Kier alpha value is -1.71. The molecule has 2 aromatic rings. The van der Waals surface area contributed by atoms with Crippen LogP contribution >= 0.6 is 0 Å². The fourth-order valence-electron chi connectivity index (χ4n) is 3.92. The number of nitrogens with zero attached hydrogens (tertiary/aromatic N) is 3. The van der Waals surface area contributed by atoms with Gasteiger partial charge in [-0.05, 0) is 43.9 Å². The third kappa shape index (κ3) is 2.79. The molecule has 2 atom stereocenters. The minimum absolute atomic E-state index is 0.103. The predicted molar refractivity (Wildman–Crippen MR) is 97.4 cm³/mol. The molecular weight excluding hydrogens is 286 g/mol. The van der Waals surface area contributed by atoms with Crippen molar-refractivity contribution in [3.63, 3.8) is 0 Å². The summed E-state index contributed by atoms with van der Waals surface area (Å²) in [6.07, 6.45) is 4.66. The summed E-state index contributed by atoms with van der Waals surface area (Å²) in [7, 11) is 1.89. The van der Waals surface area contributed by atoms with Gasteiger partial charge in [0, 0.05) is 31.9 Å². The second-order valence-corrected chi connectivity index (χ2v) is 7.03. The van der Waals surface area contributed by atoms with E-state index in [4.69, 9.17) is 0 Å². The highest BCUT2D eigenvalue weighted by Crippen LogP contribution is 2.29. The highest BCUT2D eigenvalue weighted by Gasteiger charge is 2.22. The maximum absolute atomic E-state index is 12.6. The lowest BCUT2D eigenvalue weighted by atomic mass is 10.1. The Bertz CT molecular complexity index is 743. The molecule has 3 rings (SSSR count). The molecule has 0 N–H and O–H groups in total. The van der Waals surface area contributed by atoms with Crippen molar-refractivity contribution >= 4 is 16.7 Å². The number of benzene rings is 1. The van der Waals surface area contributed by atoms with Crippen LogP contribution in [-0.2, 0) is 7.05 Å². The smallest absolute Gasteiger partial charge is 0.329 e. The number of aromatic nitrogens is 2. The van der Waals surface area contributed by atoms with E-state index in [2.05, 4.69) is 43.9 Å². The first-order chi connectivity index (χ1) is 11.1. The van der Waals surface area contributed by atoms with Crippen LogP contribution in [0.25, 0.3) is 11.0 Å². The molecule has 1 aliphatic heterocycles. The number of hydrogen-bond acceptors (Lipinski definition) is 2. The fraction of sp³-hybridized carbons (Fsp3) is 0.632. The van der Waals surface area contributed by atoms with Crippen LogP contribution in [0.5, 0.6) is 0 Å². The SMILES string of the molecule is CCCC(C)n1c(=O)n(C)c2cc(N3CC[C@@H](CC)C3)ccc21. The Balaban J connectivity index is 2.01. The highest BCUT2D eigenvalue weighted by molar-refractivity contribution is 5.80. The number of imidazole rings is 1. The zero-order valence-electron chi connectivity index (χ0n) is 14.9. The Kier molecular flexibility index (Phi) is 4.51. The van der Waals surface area contributed by atoms with Crippen LogP contribution in [0.2, 0.25) is 0 Å². The van der Waals surface area contributed by atoms with Crippen LogP contribution in [0.1, 0.15) is 52.5 Å². The Labute approximate surface area is 138 Å². The molecule has 4 nitrogen and oxygen atoms in total. The molecule has 2 heterocycles. The van der Waals surface area contributed by atoms with E-state index in [1.165, 1.54) is 18.5 Å². The zero-order valence-corrected chi connectivity index (χ0v) is 14.9. The molecule has 0 bridgehead atoms. The van der Waals surface area contributed by atoms with Gasteiger partial charge in [-0.25, -0.2) is 4.79 Å². The molecule has 0 amide bonds. The Morgan fingerprint density at radius 2 is 2.04 bits per heavy atom. The van der Waals surface area contributed by atoms with Gasteiger partial charge < -0.3 is 4.90 Å². The van der Waals surface area contributed by atoms with E-state index in [1.807, 2.05) is 11.6 Å². The number of rotatable bonds is 5. The van der Waals surface area contributed by atoms with E-state index in [9.17, 15) is 4.79 Å². The van der Waals surface area contributed by atoms with E-state index in [1.54, 1.807) is 4.57 Å². The number of fused-ring (bicyclic) bond motifs is 1. The minimum atomic E-state index is 0.103. The zero-order chi connectivity index (χ0) is 16.6. The van der Waals surface area contributed by atoms with Crippen molar-refractivity contribution < 1.29 is 0 Å². The van der Waals surface area contributed by atoms with Crippen LogP contribution in [0.15, 0.2) is 23.0 Å². The van der Waals surface area contributed by atoms with Gasteiger partial charge >= 0.3 is 5.69 Å². The molecule has 1 aliphatic rings. The molecule has 0 saturated carbocycles. The molecule has 4 heteroatoms. The quantitative estimate of drug-likeness (QED) is 0.836.